The molecule has 0 amide bonds. The molecule has 0 atom stereocenters. The lowest BCUT2D eigenvalue weighted by Crippen LogP contribution is -2.31. The predicted molar refractivity (Wildman–Crippen MR) is 77.5 cm³/mol. The van der Waals surface area contributed by atoms with E-state index in [1.807, 2.05) is 18.2 Å². The maximum Gasteiger partial charge on any atom is 0.124 e. The second kappa shape index (κ2) is 8.35. The zero-order chi connectivity index (χ0) is 13.4. The number of rotatable bonds is 8. The van der Waals surface area contributed by atoms with Crippen LogP contribution in [0.25, 0.3) is 0 Å². The highest BCUT2D eigenvalue weighted by molar-refractivity contribution is 6.30. The van der Waals surface area contributed by atoms with Gasteiger partial charge in [-0.2, -0.15) is 0 Å². The van der Waals surface area contributed by atoms with Crippen molar-refractivity contribution >= 4 is 11.6 Å². The van der Waals surface area contributed by atoms with E-state index in [-0.39, 0.29) is 0 Å². The van der Waals surface area contributed by atoms with Gasteiger partial charge in [0.15, 0.2) is 0 Å². The number of hydrogen-bond donors (Lipinski definition) is 1. The number of ether oxygens (including phenoxy) is 1. The van der Waals surface area contributed by atoms with Crippen LogP contribution in [0.2, 0.25) is 5.02 Å². The zero-order valence-electron chi connectivity index (χ0n) is 11.5. The van der Waals surface area contributed by atoms with Gasteiger partial charge in [-0.05, 0) is 25.2 Å². The van der Waals surface area contributed by atoms with Crippen LogP contribution in [0.3, 0.4) is 0 Å². The minimum absolute atomic E-state index is 0.707. The van der Waals surface area contributed by atoms with Gasteiger partial charge in [0.1, 0.15) is 5.75 Å². The van der Waals surface area contributed by atoms with Crippen LogP contribution in [0.4, 0.5) is 0 Å². The third kappa shape index (κ3) is 4.84. The molecule has 0 spiro atoms. The van der Waals surface area contributed by atoms with E-state index in [1.54, 1.807) is 7.11 Å². The molecule has 0 aliphatic carbocycles. The van der Waals surface area contributed by atoms with Crippen molar-refractivity contribution in [1.82, 2.24) is 10.2 Å². The van der Waals surface area contributed by atoms with E-state index in [4.69, 9.17) is 16.3 Å². The van der Waals surface area contributed by atoms with E-state index in [0.29, 0.717) is 5.02 Å². The summed E-state index contributed by atoms with van der Waals surface area (Å²) in [5.41, 5.74) is 1.14. The molecule has 0 bridgehead atoms. The lowest BCUT2D eigenvalue weighted by Gasteiger charge is -2.18. The molecule has 0 fully saturated rings. The van der Waals surface area contributed by atoms with Crippen LogP contribution in [0.1, 0.15) is 19.4 Å². The molecule has 4 heteroatoms. The van der Waals surface area contributed by atoms with E-state index in [2.05, 4.69) is 24.1 Å². The second-order valence-electron chi connectivity index (χ2n) is 4.16. The van der Waals surface area contributed by atoms with Gasteiger partial charge in [0.25, 0.3) is 0 Å². The number of nitrogens with zero attached hydrogens (tertiary/aromatic N) is 1. The summed E-state index contributed by atoms with van der Waals surface area (Å²) in [5.74, 6) is 0.845. The van der Waals surface area contributed by atoms with Crippen molar-refractivity contribution in [3.8, 4) is 5.75 Å². The van der Waals surface area contributed by atoms with Crippen molar-refractivity contribution in [2.75, 3.05) is 33.3 Å². The Morgan fingerprint density at radius 2 is 2.00 bits per heavy atom. The number of halogens is 1. The Morgan fingerprint density at radius 3 is 2.61 bits per heavy atom. The van der Waals surface area contributed by atoms with Gasteiger partial charge >= 0.3 is 0 Å². The number of benzene rings is 1. The zero-order valence-corrected chi connectivity index (χ0v) is 12.3. The van der Waals surface area contributed by atoms with Gasteiger partial charge in [-0.15, -0.1) is 0 Å². The Bertz CT molecular complexity index is 354. The molecule has 1 N–H and O–H groups in total. The highest BCUT2D eigenvalue weighted by Crippen LogP contribution is 2.22. The molecule has 0 aliphatic rings. The average molecular weight is 271 g/mol. The van der Waals surface area contributed by atoms with Crippen LogP contribution < -0.4 is 10.1 Å². The van der Waals surface area contributed by atoms with Gasteiger partial charge in [-0.1, -0.05) is 31.5 Å². The fourth-order valence-electron chi connectivity index (χ4n) is 1.86. The summed E-state index contributed by atoms with van der Waals surface area (Å²) in [6.45, 7) is 9.43. The van der Waals surface area contributed by atoms with Crippen LogP contribution in [0.5, 0.6) is 5.75 Å². The minimum Gasteiger partial charge on any atom is -0.496 e. The third-order valence-electron chi connectivity index (χ3n) is 3.06. The molecule has 0 heterocycles. The molecule has 0 radical (unpaired) electrons. The van der Waals surface area contributed by atoms with E-state index in [9.17, 15) is 0 Å². The van der Waals surface area contributed by atoms with Gasteiger partial charge in [-0.25, -0.2) is 0 Å². The summed E-state index contributed by atoms with van der Waals surface area (Å²) in [5, 5.41) is 4.14. The van der Waals surface area contributed by atoms with E-state index < -0.39 is 0 Å². The third-order valence-corrected chi connectivity index (χ3v) is 3.30. The van der Waals surface area contributed by atoms with Gasteiger partial charge < -0.3 is 15.0 Å². The monoisotopic (exact) mass is 270 g/mol. The van der Waals surface area contributed by atoms with Gasteiger partial charge in [0.05, 0.1) is 7.11 Å². The Morgan fingerprint density at radius 1 is 1.28 bits per heavy atom. The molecular formula is C14H23ClN2O. The smallest absolute Gasteiger partial charge is 0.124 e. The fourth-order valence-corrected chi connectivity index (χ4v) is 2.03. The van der Waals surface area contributed by atoms with Crippen molar-refractivity contribution in [3.05, 3.63) is 28.8 Å². The normalized spacial score (nSPS) is 10.9. The standard InChI is InChI=1S/C14H23ClN2O/c1-4-17(5-2)9-8-16-11-12-6-7-13(15)10-14(12)18-3/h6-7,10,16H,4-5,8-9,11H2,1-3H3. The molecule has 0 saturated carbocycles. The summed E-state index contributed by atoms with van der Waals surface area (Å²) in [6, 6.07) is 5.75. The maximum absolute atomic E-state index is 5.93. The molecular weight excluding hydrogens is 248 g/mol. The van der Waals surface area contributed by atoms with Crippen molar-refractivity contribution in [3.63, 3.8) is 0 Å². The van der Waals surface area contributed by atoms with Gasteiger partial charge in [0.2, 0.25) is 0 Å². The molecule has 1 rings (SSSR count). The van der Waals surface area contributed by atoms with E-state index >= 15 is 0 Å². The number of likely N-dealkylation sites (N-methyl/N-ethyl adjacent to an activating group) is 1. The van der Waals surface area contributed by atoms with Crippen molar-refractivity contribution in [1.29, 1.82) is 0 Å². The Labute approximate surface area is 115 Å². The quantitative estimate of drug-likeness (QED) is 0.735. The SMILES string of the molecule is CCN(CC)CCNCc1ccc(Cl)cc1OC. The van der Waals surface area contributed by atoms with Crippen molar-refractivity contribution in [2.24, 2.45) is 0 Å². The molecule has 0 aromatic heterocycles. The summed E-state index contributed by atoms with van der Waals surface area (Å²) in [7, 11) is 1.67. The first kappa shape index (κ1) is 15.3. The maximum atomic E-state index is 5.93. The Hall–Kier alpha value is -0.770. The summed E-state index contributed by atoms with van der Waals surface area (Å²) >= 11 is 5.93. The fraction of sp³-hybridized carbons (Fsp3) is 0.571. The topological polar surface area (TPSA) is 24.5 Å². The minimum atomic E-state index is 0.707. The summed E-state index contributed by atoms with van der Waals surface area (Å²) in [4.78, 5) is 2.39. The average Bonchev–Trinajstić information content (AvgIpc) is 2.40. The highest BCUT2D eigenvalue weighted by Gasteiger charge is 2.04. The predicted octanol–water partition coefficient (Wildman–Crippen LogP) is 2.78. The molecule has 3 nitrogen and oxygen atoms in total. The summed E-state index contributed by atoms with van der Waals surface area (Å²) in [6.07, 6.45) is 0. The molecule has 1 aromatic rings. The van der Waals surface area contributed by atoms with Crippen LogP contribution in [-0.4, -0.2) is 38.2 Å². The number of hydrogen-bond acceptors (Lipinski definition) is 3. The van der Waals surface area contributed by atoms with E-state index in [0.717, 1.165) is 44.0 Å². The molecule has 18 heavy (non-hydrogen) atoms. The number of nitrogens with one attached hydrogen (secondary N) is 1. The van der Waals surface area contributed by atoms with Gasteiger partial charge in [0, 0.05) is 30.2 Å². The first-order chi connectivity index (χ1) is 8.71. The molecule has 0 saturated heterocycles. The first-order valence-electron chi connectivity index (χ1n) is 6.46. The van der Waals surface area contributed by atoms with E-state index in [1.165, 1.54) is 0 Å². The molecule has 102 valence electrons. The van der Waals surface area contributed by atoms with Crippen LogP contribution in [0, 0.1) is 0 Å². The van der Waals surface area contributed by atoms with Crippen LogP contribution in [-0.2, 0) is 6.54 Å². The van der Waals surface area contributed by atoms with Crippen LogP contribution >= 0.6 is 11.6 Å². The lowest BCUT2D eigenvalue weighted by atomic mass is 10.2. The second-order valence-corrected chi connectivity index (χ2v) is 4.60. The van der Waals surface area contributed by atoms with Crippen LogP contribution in [0.15, 0.2) is 18.2 Å². The Balaban J connectivity index is 2.39. The highest BCUT2D eigenvalue weighted by atomic mass is 35.5. The molecule has 0 unspecified atom stereocenters. The van der Waals surface area contributed by atoms with Crippen molar-refractivity contribution < 1.29 is 4.74 Å². The lowest BCUT2D eigenvalue weighted by molar-refractivity contribution is 0.302. The van der Waals surface area contributed by atoms with Crippen molar-refractivity contribution in [2.45, 2.75) is 20.4 Å². The first-order valence-corrected chi connectivity index (χ1v) is 6.84. The number of methoxy groups -OCH3 is 1. The molecule has 0 aliphatic heterocycles. The molecule has 1 aromatic carbocycles. The largest absolute Gasteiger partial charge is 0.496 e. The van der Waals surface area contributed by atoms with Gasteiger partial charge in [-0.3, -0.25) is 0 Å². The summed E-state index contributed by atoms with van der Waals surface area (Å²) < 4.78 is 5.31. The Kier molecular flexibility index (Phi) is 7.09.